The number of rotatable bonds is 6. The van der Waals surface area contributed by atoms with E-state index in [0.717, 1.165) is 22.3 Å². The van der Waals surface area contributed by atoms with Crippen molar-refractivity contribution in [1.29, 1.82) is 0 Å². The number of amides is 1. The second-order valence-electron chi connectivity index (χ2n) is 7.57. The minimum Gasteiger partial charge on any atom is -0.459 e. The van der Waals surface area contributed by atoms with Crippen LogP contribution in [0.1, 0.15) is 10.4 Å². The van der Waals surface area contributed by atoms with Gasteiger partial charge in [-0.1, -0.05) is 53.6 Å². The number of hydrogen-bond acceptors (Lipinski definition) is 7. The molecule has 2 aromatic heterocycles. The molecule has 0 saturated heterocycles. The summed E-state index contributed by atoms with van der Waals surface area (Å²) in [6.45, 7) is 0. The van der Waals surface area contributed by atoms with E-state index >= 15 is 0 Å². The molecule has 174 valence electrons. The Labute approximate surface area is 200 Å². The third-order valence-corrected chi connectivity index (χ3v) is 6.17. The first-order chi connectivity index (χ1) is 16.9. The van der Waals surface area contributed by atoms with Gasteiger partial charge in [0, 0.05) is 5.56 Å². The van der Waals surface area contributed by atoms with Crippen molar-refractivity contribution in [3.8, 4) is 33.9 Å². The van der Waals surface area contributed by atoms with Crippen LogP contribution in [-0.2, 0) is 10.0 Å². The van der Waals surface area contributed by atoms with E-state index in [1.165, 1.54) is 18.4 Å². The number of carbonyl (C=O) groups excluding carboxylic acids is 1. The Balaban J connectivity index is 1.31. The molecule has 9 nitrogen and oxygen atoms in total. The van der Waals surface area contributed by atoms with Crippen LogP contribution in [0, 0.1) is 0 Å². The lowest BCUT2D eigenvalue weighted by atomic mass is 9.99. The third-order valence-electron chi connectivity index (χ3n) is 5.24. The van der Waals surface area contributed by atoms with Crippen LogP contribution < -0.4 is 10.5 Å². The van der Waals surface area contributed by atoms with Gasteiger partial charge in [-0.05, 0) is 58.7 Å². The average molecular weight is 487 g/mol. The van der Waals surface area contributed by atoms with Crippen LogP contribution in [0.15, 0.2) is 105 Å². The highest BCUT2D eigenvalue weighted by molar-refractivity contribution is 7.89. The van der Waals surface area contributed by atoms with E-state index in [2.05, 4.69) is 15.5 Å². The van der Waals surface area contributed by atoms with E-state index in [-0.39, 0.29) is 16.8 Å². The number of nitrogens with one attached hydrogen (secondary N) is 1. The molecule has 3 aromatic carbocycles. The lowest BCUT2D eigenvalue weighted by molar-refractivity contribution is 0.102. The molecular formula is C25H18N4O5S. The van der Waals surface area contributed by atoms with Gasteiger partial charge >= 0.3 is 6.01 Å². The number of aromatic nitrogens is 2. The molecule has 0 saturated carbocycles. The average Bonchev–Trinajstić information content (AvgIpc) is 3.56. The van der Waals surface area contributed by atoms with Crippen LogP contribution in [0.3, 0.4) is 0 Å². The highest BCUT2D eigenvalue weighted by Gasteiger charge is 2.15. The zero-order valence-electron chi connectivity index (χ0n) is 18.1. The molecule has 0 aliphatic rings. The standard InChI is InChI=1S/C25H18N4O5S/c26-35(31,32)21-12-10-17(11-13-21)16-6-8-18(9-7-16)19-3-1-4-20(15-19)23(30)27-25-29-28-24(34-25)22-5-2-14-33-22/h1-15H,(H2,26,31,32)(H,27,29,30). The molecule has 2 heterocycles. The van der Waals surface area contributed by atoms with Gasteiger partial charge in [0.15, 0.2) is 5.76 Å². The van der Waals surface area contributed by atoms with Crippen LogP contribution in [0.4, 0.5) is 6.01 Å². The summed E-state index contributed by atoms with van der Waals surface area (Å²) < 4.78 is 33.5. The molecule has 0 aliphatic heterocycles. The van der Waals surface area contributed by atoms with Gasteiger partial charge < -0.3 is 8.83 Å². The highest BCUT2D eigenvalue weighted by atomic mass is 32.2. The van der Waals surface area contributed by atoms with E-state index in [9.17, 15) is 13.2 Å². The zero-order chi connectivity index (χ0) is 24.4. The Morgan fingerprint density at radius 3 is 2.09 bits per heavy atom. The maximum absolute atomic E-state index is 12.7. The van der Waals surface area contributed by atoms with Crippen LogP contribution in [0.25, 0.3) is 33.9 Å². The minimum absolute atomic E-state index is 0.0374. The van der Waals surface area contributed by atoms with Crippen molar-refractivity contribution in [2.75, 3.05) is 5.32 Å². The molecule has 5 aromatic rings. The van der Waals surface area contributed by atoms with Crippen molar-refractivity contribution < 1.29 is 22.0 Å². The summed E-state index contributed by atoms with van der Waals surface area (Å²) >= 11 is 0. The van der Waals surface area contributed by atoms with Crippen molar-refractivity contribution in [2.24, 2.45) is 5.14 Å². The van der Waals surface area contributed by atoms with E-state index in [0.29, 0.717) is 11.3 Å². The summed E-state index contributed by atoms with van der Waals surface area (Å²) in [7, 11) is -3.74. The summed E-state index contributed by atoms with van der Waals surface area (Å²) in [6, 6.07) is 24.5. The summed E-state index contributed by atoms with van der Waals surface area (Å²) in [4.78, 5) is 12.8. The fourth-order valence-electron chi connectivity index (χ4n) is 3.48. The fraction of sp³-hybridized carbons (Fsp3) is 0. The first kappa shape index (κ1) is 22.3. The topological polar surface area (TPSA) is 141 Å². The molecule has 1 amide bonds. The number of furan rings is 1. The molecule has 0 unspecified atom stereocenters. The first-order valence-electron chi connectivity index (χ1n) is 10.4. The number of benzene rings is 3. The Hall–Kier alpha value is -4.54. The van der Waals surface area contributed by atoms with Crippen LogP contribution in [-0.4, -0.2) is 24.5 Å². The van der Waals surface area contributed by atoms with E-state index in [1.54, 1.807) is 42.5 Å². The SMILES string of the molecule is NS(=O)(=O)c1ccc(-c2ccc(-c3cccc(C(=O)Nc4nnc(-c5ccco5)o4)c3)cc2)cc1. The van der Waals surface area contributed by atoms with E-state index in [4.69, 9.17) is 14.0 Å². The van der Waals surface area contributed by atoms with Crippen molar-refractivity contribution in [3.63, 3.8) is 0 Å². The molecular weight excluding hydrogens is 468 g/mol. The molecule has 0 spiro atoms. The number of hydrogen-bond donors (Lipinski definition) is 2. The predicted molar refractivity (Wildman–Crippen MR) is 129 cm³/mol. The zero-order valence-corrected chi connectivity index (χ0v) is 18.9. The molecule has 10 heteroatoms. The van der Waals surface area contributed by atoms with Gasteiger partial charge in [0.1, 0.15) is 0 Å². The molecule has 5 rings (SSSR count). The van der Waals surface area contributed by atoms with Crippen molar-refractivity contribution in [1.82, 2.24) is 10.2 Å². The number of carbonyl (C=O) groups is 1. The van der Waals surface area contributed by atoms with Crippen LogP contribution in [0.5, 0.6) is 0 Å². The van der Waals surface area contributed by atoms with E-state index in [1.807, 2.05) is 30.3 Å². The van der Waals surface area contributed by atoms with Gasteiger partial charge in [0.2, 0.25) is 10.0 Å². The number of anilines is 1. The van der Waals surface area contributed by atoms with Crippen LogP contribution >= 0.6 is 0 Å². The molecule has 0 fully saturated rings. The largest absolute Gasteiger partial charge is 0.459 e. The van der Waals surface area contributed by atoms with Gasteiger partial charge in [-0.15, -0.1) is 5.10 Å². The lowest BCUT2D eigenvalue weighted by Gasteiger charge is -2.07. The quantitative estimate of drug-likeness (QED) is 0.358. The maximum Gasteiger partial charge on any atom is 0.322 e. The van der Waals surface area contributed by atoms with Crippen molar-refractivity contribution >= 4 is 21.9 Å². The summed E-state index contributed by atoms with van der Waals surface area (Å²) in [5.41, 5.74) is 3.93. The Morgan fingerprint density at radius 2 is 1.46 bits per heavy atom. The van der Waals surface area contributed by atoms with Crippen LogP contribution in [0.2, 0.25) is 0 Å². The molecule has 35 heavy (non-hydrogen) atoms. The fourth-order valence-corrected chi connectivity index (χ4v) is 3.99. The van der Waals surface area contributed by atoms with E-state index < -0.39 is 15.9 Å². The second-order valence-corrected chi connectivity index (χ2v) is 9.13. The second kappa shape index (κ2) is 9.01. The summed E-state index contributed by atoms with van der Waals surface area (Å²) in [5, 5.41) is 15.4. The molecule has 0 radical (unpaired) electrons. The van der Waals surface area contributed by atoms with Gasteiger partial charge in [0.25, 0.3) is 11.8 Å². The molecule has 0 bridgehead atoms. The first-order valence-corrected chi connectivity index (χ1v) is 11.9. The number of sulfonamides is 1. The smallest absolute Gasteiger partial charge is 0.322 e. The van der Waals surface area contributed by atoms with Gasteiger partial charge in [-0.3, -0.25) is 10.1 Å². The Morgan fingerprint density at radius 1 is 0.800 bits per heavy atom. The monoisotopic (exact) mass is 486 g/mol. The number of primary sulfonamides is 1. The summed E-state index contributed by atoms with van der Waals surface area (Å²) in [5.74, 6) is 0.176. The summed E-state index contributed by atoms with van der Waals surface area (Å²) in [6.07, 6.45) is 1.49. The highest BCUT2D eigenvalue weighted by Crippen LogP contribution is 2.27. The van der Waals surface area contributed by atoms with Gasteiger partial charge in [-0.2, -0.15) is 0 Å². The Kier molecular flexibility index (Phi) is 5.73. The third kappa shape index (κ3) is 4.88. The minimum atomic E-state index is -3.74. The Bertz CT molecular complexity index is 1590. The molecule has 3 N–H and O–H groups in total. The van der Waals surface area contributed by atoms with Gasteiger partial charge in [-0.25, -0.2) is 13.6 Å². The lowest BCUT2D eigenvalue weighted by Crippen LogP contribution is -2.12. The maximum atomic E-state index is 12.7. The molecule has 0 aliphatic carbocycles. The number of nitrogens with two attached hydrogens (primary N) is 1. The van der Waals surface area contributed by atoms with Crippen molar-refractivity contribution in [2.45, 2.75) is 4.90 Å². The predicted octanol–water partition coefficient (Wildman–Crippen LogP) is 4.56. The number of nitrogens with zero attached hydrogens (tertiary/aromatic N) is 2. The molecule has 0 atom stereocenters. The van der Waals surface area contributed by atoms with Gasteiger partial charge in [0.05, 0.1) is 11.2 Å². The normalized spacial score (nSPS) is 11.3. The van der Waals surface area contributed by atoms with Crippen molar-refractivity contribution in [3.05, 3.63) is 96.8 Å².